The fourth-order valence-electron chi connectivity index (χ4n) is 2.71. The molecular formula is C16H20F3N3O4S. The molecule has 0 bridgehead atoms. The number of amides is 2. The molecule has 11 heteroatoms. The van der Waals surface area contributed by atoms with Crippen LogP contribution in [0.5, 0.6) is 0 Å². The zero-order valence-corrected chi connectivity index (χ0v) is 15.4. The molecule has 150 valence electrons. The van der Waals surface area contributed by atoms with Crippen molar-refractivity contribution < 1.29 is 31.2 Å². The molecule has 0 unspecified atom stereocenters. The fourth-order valence-corrected chi connectivity index (χ4v) is 3.47. The third kappa shape index (κ3) is 5.19. The van der Waals surface area contributed by atoms with Crippen molar-refractivity contribution in [3.8, 4) is 0 Å². The van der Waals surface area contributed by atoms with Gasteiger partial charge in [0.15, 0.2) is 0 Å². The minimum absolute atomic E-state index is 0.0731. The van der Waals surface area contributed by atoms with Gasteiger partial charge in [0, 0.05) is 31.7 Å². The van der Waals surface area contributed by atoms with Gasteiger partial charge in [-0.25, -0.2) is 8.42 Å². The number of rotatable bonds is 5. The topological polar surface area (TPSA) is 95.6 Å². The van der Waals surface area contributed by atoms with Gasteiger partial charge in [-0.3, -0.25) is 14.5 Å². The summed E-state index contributed by atoms with van der Waals surface area (Å²) in [6.45, 7) is 1.54. The lowest BCUT2D eigenvalue weighted by Gasteiger charge is -2.31. The van der Waals surface area contributed by atoms with Crippen molar-refractivity contribution in [1.82, 2.24) is 15.5 Å². The number of carbonyl (C=O) groups is 2. The van der Waals surface area contributed by atoms with Crippen LogP contribution in [-0.2, 0) is 14.6 Å². The van der Waals surface area contributed by atoms with Gasteiger partial charge in [-0.05, 0) is 37.1 Å². The molecule has 0 spiro atoms. The molecule has 27 heavy (non-hydrogen) atoms. The van der Waals surface area contributed by atoms with Crippen molar-refractivity contribution in [3.63, 3.8) is 0 Å². The quantitative estimate of drug-likeness (QED) is 0.757. The summed E-state index contributed by atoms with van der Waals surface area (Å²) >= 11 is 0. The Morgan fingerprint density at radius 1 is 1.15 bits per heavy atom. The van der Waals surface area contributed by atoms with Gasteiger partial charge >= 0.3 is 5.51 Å². The van der Waals surface area contributed by atoms with Gasteiger partial charge in [-0.1, -0.05) is 0 Å². The standard InChI is InChI=1S/C16H20F3N3O4S/c1-20-14(23)10-22-8-6-12(7-9-22)21-15(24)11-2-4-13(5-3-11)27(25,26)16(17,18)19/h2-5,12H,6-10H2,1H3,(H,20,23)(H,21,24). The first-order valence-corrected chi connectivity index (χ1v) is 9.68. The van der Waals surface area contributed by atoms with Gasteiger partial charge in [-0.15, -0.1) is 0 Å². The van der Waals surface area contributed by atoms with Gasteiger partial charge in [-0.2, -0.15) is 13.2 Å². The highest BCUT2D eigenvalue weighted by atomic mass is 32.2. The monoisotopic (exact) mass is 407 g/mol. The van der Waals surface area contributed by atoms with E-state index in [1.807, 2.05) is 4.90 Å². The van der Waals surface area contributed by atoms with E-state index in [0.717, 1.165) is 24.3 Å². The van der Waals surface area contributed by atoms with Crippen molar-refractivity contribution in [2.75, 3.05) is 26.7 Å². The molecule has 2 rings (SSSR count). The zero-order chi connectivity index (χ0) is 20.2. The largest absolute Gasteiger partial charge is 0.501 e. The Bertz CT molecular complexity index is 786. The summed E-state index contributed by atoms with van der Waals surface area (Å²) in [4.78, 5) is 24.6. The number of likely N-dealkylation sites (tertiary alicyclic amines) is 1. The average molecular weight is 407 g/mol. The summed E-state index contributed by atoms with van der Waals surface area (Å²) in [7, 11) is -3.88. The Morgan fingerprint density at radius 2 is 1.70 bits per heavy atom. The normalized spacial score (nSPS) is 16.7. The summed E-state index contributed by atoms with van der Waals surface area (Å²) < 4.78 is 60.2. The zero-order valence-electron chi connectivity index (χ0n) is 14.5. The second kappa shape index (κ2) is 8.26. The van der Waals surface area contributed by atoms with Crippen LogP contribution in [0.3, 0.4) is 0 Å². The fraction of sp³-hybridized carbons (Fsp3) is 0.500. The number of piperidine rings is 1. The molecule has 0 saturated carbocycles. The Kier molecular flexibility index (Phi) is 6.47. The lowest BCUT2D eigenvalue weighted by atomic mass is 10.0. The number of halogens is 3. The molecule has 0 radical (unpaired) electrons. The molecule has 2 N–H and O–H groups in total. The first kappa shape index (κ1) is 21.2. The summed E-state index contributed by atoms with van der Waals surface area (Å²) in [5, 5.41) is 5.31. The van der Waals surface area contributed by atoms with E-state index in [4.69, 9.17) is 0 Å². The molecule has 1 heterocycles. The SMILES string of the molecule is CNC(=O)CN1CCC(NC(=O)c2ccc(S(=O)(=O)C(F)(F)F)cc2)CC1. The highest BCUT2D eigenvalue weighted by molar-refractivity contribution is 7.92. The molecule has 1 aromatic carbocycles. The van der Waals surface area contributed by atoms with Crippen molar-refractivity contribution in [1.29, 1.82) is 0 Å². The second-order valence-corrected chi connectivity index (χ2v) is 8.11. The van der Waals surface area contributed by atoms with E-state index in [9.17, 15) is 31.2 Å². The maximum Gasteiger partial charge on any atom is 0.501 e. The molecule has 0 aromatic heterocycles. The highest BCUT2D eigenvalue weighted by Crippen LogP contribution is 2.30. The molecule has 1 saturated heterocycles. The van der Waals surface area contributed by atoms with E-state index in [0.29, 0.717) is 25.9 Å². The number of carbonyl (C=O) groups excluding carboxylic acids is 2. The highest BCUT2D eigenvalue weighted by Gasteiger charge is 2.46. The molecule has 2 amide bonds. The van der Waals surface area contributed by atoms with Crippen LogP contribution in [0.2, 0.25) is 0 Å². The van der Waals surface area contributed by atoms with Crippen LogP contribution in [0.4, 0.5) is 13.2 Å². The van der Waals surface area contributed by atoms with Crippen LogP contribution in [0.1, 0.15) is 23.2 Å². The van der Waals surface area contributed by atoms with E-state index < -0.39 is 26.1 Å². The van der Waals surface area contributed by atoms with Crippen molar-refractivity contribution in [3.05, 3.63) is 29.8 Å². The number of hydrogen-bond donors (Lipinski definition) is 2. The van der Waals surface area contributed by atoms with Crippen molar-refractivity contribution in [2.24, 2.45) is 0 Å². The number of benzene rings is 1. The molecule has 1 aromatic rings. The molecule has 0 atom stereocenters. The molecule has 7 nitrogen and oxygen atoms in total. The Balaban J connectivity index is 1.93. The number of nitrogens with zero attached hydrogens (tertiary/aromatic N) is 1. The lowest BCUT2D eigenvalue weighted by Crippen LogP contribution is -2.47. The van der Waals surface area contributed by atoms with Crippen molar-refractivity contribution >= 4 is 21.7 Å². The van der Waals surface area contributed by atoms with E-state index in [1.54, 1.807) is 7.05 Å². The molecule has 1 aliphatic heterocycles. The van der Waals surface area contributed by atoms with Crippen LogP contribution in [-0.4, -0.2) is 63.4 Å². The van der Waals surface area contributed by atoms with Crippen LogP contribution >= 0.6 is 0 Å². The van der Waals surface area contributed by atoms with Crippen LogP contribution in [0.25, 0.3) is 0 Å². The van der Waals surface area contributed by atoms with Crippen LogP contribution in [0.15, 0.2) is 29.2 Å². The third-order valence-corrected chi connectivity index (χ3v) is 5.80. The van der Waals surface area contributed by atoms with E-state index in [1.165, 1.54) is 0 Å². The van der Waals surface area contributed by atoms with Gasteiger partial charge in [0.2, 0.25) is 5.91 Å². The summed E-state index contributed by atoms with van der Waals surface area (Å²) in [5.41, 5.74) is -5.32. The van der Waals surface area contributed by atoms with Crippen LogP contribution in [0, 0.1) is 0 Å². The number of likely N-dealkylation sites (N-methyl/N-ethyl adjacent to an activating group) is 1. The predicted molar refractivity (Wildman–Crippen MR) is 90.7 cm³/mol. The third-order valence-electron chi connectivity index (χ3n) is 4.30. The summed E-state index contributed by atoms with van der Waals surface area (Å²) in [6, 6.07) is 3.51. The molecular weight excluding hydrogens is 387 g/mol. The molecule has 1 fully saturated rings. The van der Waals surface area contributed by atoms with Crippen LogP contribution < -0.4 is 10.6 Å². The predicted octanol–water partition coefficient (Wildman–Crippen LogP) is 0.920. The summed E-state index contributed by atoms with van der Waals surface area (Å²) in [6.07, 6.45) is 1.26. The maximum absolute atomic E-state index is 12.5. The number of hydrogen-bond acceptors (Lipinski definition) is 5. The number of alkyl halides is 3. The van der Waals surface area contributed by atoms with Gasteiger partial charge in [0.25, 0.3) is 15.7 Å². The van der Waals surface area contributed by atoms with E-state index in [2.05, 4.69) is 10.6 Å². The minimum atomic E-state index is -5.43. The van der Waals surface area contributed by atoms with E-state index in [-0.39, 0.29) is 24.1 Å². The van der Waals surface area contributed by atoms with E-state index >= 15 is 0 Å². The Hall–Kier alpha value is -2.14. The first-order chi connectivity index (χ1) is 12.5. The summed E-state index contributed by atoms with van der Waals surface area (Å²) in [5.74, 6) is -0.581. The molecule has 0 aliphatic carbocycles. The first-order valence-electron chi connectivity index (χ1n) is 8.20. The minimum Gasteiger partial charge on any atom is -0.358 e. The second-order valence-electron chi connectivity index (χ2n) is 6.17. The van der Waals surface area contributed by atoms with Gasteiger partial charge in [0.05, 0.1) is 11.4 Å². The smallest absolute Gasteiger partial charge is 0.358 e. The maximum atomic E-state index is 12.5. The van der Waals surface area contributed by atoms with Gasteiger partial charge < -0.3 is 10.6 Å². The number of nitrogens with one attached hydrogen (secondary N) is 2. The number of sulfone groups is 1. The lowest BCUT2D eigenvalue weighted by molar-refractivity contribution is -0.122. The Labute approximate surface area is 154 Å². The van der Waals surface area contributed by atoms with Gasteiger partial charge in [0.1, 0.15) is 0 Å². The Morgan fingerprint density at radius 3 is 2.19 bits per heavy atom. The van der Waals surface area contributed by atoms with Crippen molar-refractivity contribution in [2.45, 2.75) is 29.3 Å². The molecule has 1 aliphatic rings. The average Bonchev–Trinajstić information content (AvgIpc) is 2.62.